The Balaban J connectivity index is 1.61. The van der Waals surface area contributed by atoms with Gasteiger partial charge in [0.1, 0.15) is 5.82 Å². The summed E-state index contributed by atoms with van der Waals surface area (Å²) < 4.78 is 10.8. The predicted octanol–water partition coefficient (Wildman–Crippen LogP) is 3.16. The molecule has 6 nitrogen and oxygen atoms in total. The molecule has 0 spiro atoms. The molecule has 1 aromatic carbocycles. The molecule has 0 aliphatic carbocycles. The van der Waals surface area contributed by atoms with Gasteiger partial charge in [0.05, 0.1) is 11.8 Å². The van der Waals surface area contributed by atoms with Gasteiger partial charge in [0.15, 0.2) is 12.4 Å². The first-order valence-electron chi connectivity index (χ1n) is 7.44. The summed E-state index contributed by atoms with van der Waals surface area (Å²) in [5, 5.41) is 0. The van der Waals surface area contributed by atoms with Crippen LogP contribution in [0, 0.1) is 0 Å². The second-order valence-corrected chi connectivity index (χ2v) is 5.36. The summed E-state index contributed by atoms with van der Waals surface area (Å²) in [6.07, 6.45) is 3.11. The number of rotatable bonds is 5. The van der Waals surface area contributed by atoms with E-state index < -0.39 is 5.97 Å². The number of carbonyl (C=O) groups is 1. The Bertz CT molecular complexity index is 811. The molecule has 0 saturated heterocycles. The number of aromatic nitrogens is 2. The van der Waals surface area contributed by atoms with Crippen molar-refractivity contribution in [1.82, 2.24) is 9.97 Å². The minimum absolute atomic E-state index is 0.0267. The minimum atomic E-state index is -0.465. The lowest BCUT2D eigenvalue weighted by Crippen LogP contribution is -2.11. The fourth-order valence-electron chi connectivity index (χ4n) is 2.09. The molecule has 0 saturated carbocycles. The summed E-state index contributed by atoms with van der Waals surface area (Å²) in [5.41, 5.74) is 1.31. The average Bonchev–Trinajstić information content (AvgIpc) is 3.09. The van der Waals surface area contributed by atoms with Crippen LogP contribution in [-0.4, -0.2) is 30.0 Å². The Morgan fingerprint density at radius 1 is 1.08 bits per heavy atom. The molecule has 122 valence electrons. The number of esters is 1. The van der Waals surface area contributed by atoms with Crippen molar-refractivity contribution in [3.05, 3.63) is 66.3 Å². The monoisotopic (exact) mass is 323 g/mol. The second-order valence-electron chi connectivity index (χ2n) is 5.36. The van der Waals surface area contributed by atoms with Crippen molar-refractivity contribution in [2.24, 2.45) is 0 Å². The molecule has 0 amide bonds. The standard InChI is InChI=1S/C18H17N3O3/c1-21(2)16-9-8-14(10-19-16)18(22)23-12-17-20-11-15(24-17)13-6-4-3-5-7-13/h3-11H,12H2,1-2H3. The third-order valence-electron chi connectivity index (χ3n) is 3.38. The molecule has 0 aliphatic rings. The van der Waals surface area contributed by atoms with Gasteiger partial charge in [-0.2, -0.15) is 0 Å². The van der Waals surface area contributed by atoms with Gasteiger partial charge in [0.2, 0.25) is 5.89 Å². The second kappa shape index (κ2) is 6.95. The predicted molar refractivity (Wildman–Crippen MR) is 89.6 cm³/mol. The van der Waals surface area contributed by atoms with Crippen LogP contribution in [0.2, 0.25) is 0 Å². The molecule has 2 aromatic heterocycles. The van der Waals surface area contributed by atoms with Crippen LogP contribution >= 0.6 is 0 Å². The highest BCUT2D eigenvalue weighted by Crippen LogP contribution is 2.20. The molecule has 0 radical (unpaired) electrons. The molecular weight excluding hydrogens is 306 g/mol. The summed E-state index contributed by atoms with van der Waals surface area (Å²) in [4.78, 5) is 22.2. The third kappa shape index (κ3) is 3.60. The van der Waals surface area contributed by atoms with Crippen molar-refractivity contribution in [1.29, 1.82) is 0 Å². The lowest BCUT2D eigenvalue weighted by Gasteiger charge is -2.10. The summed E-state index contributed by atoms with van der Waals surface area (Å²) in [6, 6.07) is 13.1. The van der Waals surface area contributed by atoms with Crippen LogP contribution in [0.1, 0.15) is 16.2 Å². The molecule has 0 bridgehead atoms. The van der Waals surface area contributed by atoms with Crippen LogP contribution in [0.25, 0.3) is 11.3 Å². The van der Waals surface area contributed by atoms with Gasteiger partial charge in [0.25, 0.3) is 0 Å². The summed E-state index contributed by atoms with van der Waals surface area (Å²) in [7, 11) is 3.76. The molecule has 0 unspecified atom stereocenters. The number of carbonyl (C=O) groups excluding carboxylic acids is 1. The highest BCUT2D eigenvalue weighted by Gasteiger charge is 2.12. The summed E-state index contributed by atoms with van der Waals surface area (Å²) in [6.45, 7) is -0.0267. The number of pyridine rings is 1. The maximum atomic E-state index is 12.0. The number of benzene rings is 1. The molecule has 0 fully saturated rings. The first kappa shape index (κ1) is 15.7. The number of ether oxygens (including phenoxy) is 1. The topological polar surface area (TPSA) is 68.5 Å². The average molecular weight is 323 g/mol. The van der Waals surface area contributed by atoms with Crippen LogP contribution in [-0.2, 0) is 11.3 Å². The lowest BCUT2D eigenvalue weighted by atomic mass is 10.2. The quantitative estimate of drug-likeness (QED) is 0.672. The molecule has 6 heteroatoms. The normalized spacial score (nSPS) is 10.4. The van der Waals surface area contributed by atoms with Gasteiger partial charge in [-0.3, -0.25) is 0 Å². The first-order valence-corrected chi connectivity index (χ1v) is 7.44. The smallest absolute Gasteiger partial charge is 0.340 e. The van der Waals surface area contributed by atoms with Crippen molar-refractivity contribution >= 4 is 11.8 Å². The van der Waals surface area contributed by atoms with Gasteiger partial charge in [-0.1, -0.05) is 30.3 Å². The maximum Gasteiger partial charge on any atom is 0.340 e. The molecule has 24 heavy (non-hydrogen) atoms. The van der Waals surface area contributed by atoms with Crippen LogP contribution < -0.4 is 4.90 Å². The number of hydrogen-bond acceptors (Lipinski definition) is 6. The van der Waals surface area contributed by atoms with E-state index in [9.17, 15) is 4.79 Å². The Hall–Kier alpha value is -3.15. The molecule has 3 rings (SSSR count). The number of anilines is 1. The zero-order chi connectivity index (χ0) is 16.9. The van der Waals surface area contributed by atoms with Crippen LogP contribution in [0.4, 0.5) is 5.82 Å². The van der Waals surface area contributed by atoms with Crippen LogP contribution in [0.15, 0.2) is 59.3 Å². The molecule has 3 aromatic rings. The summed E-state index contributed by atoms with van der Waals surface area (Å²) in [5.74, 6) is 1.29. The molecule has 0 atom stereocenters. The van der Waals surface area contributed by atoms with Gasteiger partial charge in [0, 0.05) is 25.9 Å². The van der Waals surface area contributed by atoms with Crippen LogP contribution in [0.5, 0.6) is 0 Å². The lowest BCUT2D eigenvalue weighted by molar-refractivity contribution is 0.0438. The zero-order valence-corrected chi connectivity index (χ0v) is 13.5. The van der Waals surface area contributed by atoms with E-state index in [1.54, 1.807) is 18.3 Å². The molecule has 0 aliphatic heterocycles. The molecule has 2 heterocycles. The molecule has 0 N–H and O–H groups in total. The fraction of sp³-hybridized carbons (Fsp3) is 0.167. The van der Waals surface area contributed by atoms with E-state index in [4.69, 9.17) is 9.15 Å². The van der Waals surface area contributed by atoms with Gasteiger partial charge in [-0.25, -0.2) is 14.8 Å². The van der Waals surface area contributed by atoms with E-state index in [2.05, 4.69) is 9.97 Å². The highest BCUT2D eigenvalue weighted by molar-refractivity contribution is 5.89. The van der Waals surface area contributed by atoms with Crippen molar-refractivity contribution in [3.63, 3.8) is 0 Å². The van der Waals surface area contributed by atoms with Crippen molar-refractivity contribution in [3.8, 4) is 11.3 Å². The number of hydrogen-bond donors (Lipinski definition) is 0. The third-order valence-corrected chi connectivity index (χ3v) is 3.38. The SMILES string of the molecule is CN(C)c1ccc(C(=O)OCc2ncc(-c3ccccc3)o2)cn1. The van der Waals surface area contributed by atoms with Crippen molar-refractivity contribution in [2.75, 3.05) is 19.0 Å². The number of oxazole rings is 1. The summed E-state index contributed by atoms with van der Waals surface area (Å²) >= 11 is 0. The van der Waals surface area contributed by atoms with Crippen molar-refractivity contribution in [2.45, 2.75) is 6.61 Å². The van der Waals surface area contributed by atoms with Crippen LogP contribution in [0.3, 0.4) is 0 Å². The Labute approximate surface area is 139 Å². The Morgan fingerprint density at radius 2 is 1.88 bits per heavy atom. The van der Waals surface area contributed by atoms with E-state index >= 15 is 0 Å². The maximum absolute atomic E-state index is 12.0. The van der Waals surface area contributed by atoms with E-state index in [1.807, 2.05) is 49.3 Å². The van der Waals surface area contributed by atoms with Gasteiger partial charge in [-0.15, -0.1) is 0 Å². The highest BCUT2D eigenvalue weighted by atomic mass is 16.5. The van der Waals surface area contributed by atoms with Gasteiger partial charge >= 0.3 is 5.97 Å². The molecular formula is C18H17N3O3. The van der Waals surface area contributed by atoms with Gasteiger partial charge < -0.3 is 14.1 Å². The number of nitrogens with zero attached hydrogens (tertiary/aromatic N) is 3. The minimum Gasteiger partial charge on any atom is -0.452 e. The van der Waals surface area contributed by atoms with Gasteiger partial charge in [-0.05, 0) is 12.1 Å². The van der Waals surface area contributed by atoms with Crippen molar-refractivity contribution < 1.29 is 13.9 Å². The van der Waals surface area contributed by atoms with E-state index in [-0.39, 0.29) is 6.61 Å². The Morgan fingerprint density at radius 3 is 2.54 bits per heavy atom. The fourth-order valence-corrected chi connectivity index (χ4v) is 2.09. The Kier molecular flexibility index (Phi) is 4.56. The van der Waals surface area contributed by atoms with E-state index in [0.717, 1.165) is 11.4 Å². The zero-order valence-electron chi connectivity index (χ0n) is 13.5. The first-order chi connectivity index (χ1) is 11.6. The van der Waals surface area contributed by atoms with E-state index in [1.165, 1.54) is 6.20 Å². The largest absolute Gasteiger partial charge is 0.452 e. The van der Waals surface area contributed by atoms with E-state index in [0.29, 0.717) is 17.2 Å².